The van der Waals surface area contributed by atoms with Crippen molar-refractivity contribution >= 4 is 21.6 Å². The fourth-order valence-electron chi connectivity index (χ4n) is 3.41. The summed E-state index contributed by atoms with van der Waals surface area (Å²) < 4.78 is 40.3. The van der Waals surface area contributed by atoms with Gasteiger partial charge in [0.25, 0.3) is 0 Å². The van der Waals surface area contributed by atoms with Crippen LogP contribution in [0.15, 0.2) is 53.4 Å². The fraction of sp³-hybridized carbons (Fsp3) is 0.409. The Balaban J connectivity index is 1.61. The lowest BCUT2D eigenvalue weighted by molar-refractivity contribution is -0.120. The fourth-order valence-corrected chi connectivity index (χ4v) is 4.88. The molecule has 0 atom stereocenters. The van der Waals surface area contributed by atoms with Gasteiger partial charge in [0.2, 0.25) is 15.9 Å². The van der Waals surface area contributed by atoms with Gasteiger partial charge in [0, 0.05) is 24.7 Å². The number of rotatable bonds is 4. The van der Waals surface area contributed by atoms with Crippen molar-refractivity contribution in [3.05, 3.63) is 59.9 Å². The summed E-state index contributed by atoms with van der Waals surface area (Å²) in [7, 11) is -3.58. The summed E-state index contributed by atoms with van der Waals surface area (Å²) in [6.07, 6.45) is 0.901. The molecule has 1 heterocycles. The minimum atomic E-state index is -3.58. The number of anilines is 1. The number of amides is 1. The third kappa shape index (κ3) is 5.03. The standard InChI is InChI=1S/C22H27FN2O3S/c1-22(2,3)17-4-10-20(11-5-17)29(27,28)25-14-12-16(13-15-25)21(26)24-19-8-6-18(23)7-9-19/h4-11,16H,12-15H2,1-3H3,(H,24,26). The first-order valence-electron chi connectivity index (χ1n) is 9.74. The Labute approximate surface area is 172 Å². The van der Waals surface area contributed by atoms with E-state index in [1.54, 1.807) is 12.1 Å². The normalized spacial score (nSPS) is 16.6. The first-order chi connectivity index (χ1) is 13.6. The highest BCUT2D eigenvalue weighted by Crippen LogP contribution is 2.27. The molecule has 2 aromatic carbocycles. The summed E-state index contributed by atoms with van der Waals surface area (Å²) in [4.78, 5) is 12.7. The van der Waals surface area contributed by atoms with E-state index in [4.69, 9.17) is 0 Å². The number of hydrogen-bond acceptors (Lipinski definition) is 3. The Morgan fingerprint density at radius 1 is 1.00 bits per heavy atom. The highest BCUT2D eigenvalue weighted by Gasteiger charge is 2.32. The number of carbonyl (C=O) groups is 1. The largest absolute Gasteiger partial charge is 0.326 e. The maximum absolute atomic E-state index is 13.0. The van der Waals surface area contributed by atoms with E-state index >= 15 is 0 Å². The van der Waals surface area contributed by atoms with Gasteiger partial charge in [-0.05, 0) is 60.2 Å². The van der Waals surface area contributed by atoms with E-state index in [9.17, 15) is 17.6 Å². The molecule has 2 aromatic rings. The van der Waals surface area contributed by atoms with Crippen LogP contribution in [-0.4, -0.2) is 31.7 Å². The van der Waals surface area contributed by atoms with E-state index < -0.39 is 10.0 Å². The third-order valence-corrected chi connectivity index (χ3v) is 7.21. The Bertz CT molecular complexity index is 957. The van der Waals surface area contributed by atoms with E-state index in [1.165, 1.54) is 28.6 Å². The van der Waals surface area contributed by atoms with Crippen LogP contribution < -0.4 is 5.32 Å². The highest BCUT2D eigenvalue weighted by atomic mass is 32.2. The van der Waals surface area contributed by atoms with Gasteiger partial charge in [-0.3, -0.25) is 4.79 Å². The minimum absolute atomic E-state index is 0.0431. The molecule has 0 radical (unpaired) electrons. The molecule has 5 nitrogen and oxygen atoms in total. The molecule has 29 heavy (non-hydrogen) atoms. The topological polar surface area (TPSA) is 66.5 Å². The van der Waals surface area contributed by atoms with Crippen molar-refractivity contribution in [3.8, 4) is 0 Å². The van der Waals surface area contributed by atoms with Gasteiger partial charge in [-0.1, -0.05) is 32.9 Å². The average molecular weight is 419 g/mol. The molecule has 3 rings (SSSR count). The molecular weight excluding hydrogens is 391 g/mol. The van der Waals surface area contributed by atoms with Gasteiger partial charge in [-0.15, -0.1) is 0 Å². The summed E-state index contributed by atoms with van der Waals surface area (Å²) in [5, 5.41) is 2.77. The second-order valence-corrected chi connectivity index (χ2v) is 10.4. The molecule has 0 bridgehead atoms. The lowest BCUT2D eigenvalue weighted by atomic mass is 9.87. The van der Waals surface area contributed by atoms with Crippen LogP contribution in [0.4, 0.5) is 10.1 Å². The quantitative estimate of drug-likeness (QED) is 0.811. The van der Waals surface area contributed by atoms with E-state index in [1.807, 2.05) is 12.1 Å². The monoisotopic (exact) mass is 418 g/mol. The van der Waals surface area contributed by atoms with Gasteiger partial charge >= 0.3 is 0 Å². The molecule has 0 spiro atoms. The predicted octanol–water partition coefficient (Wildman–Crippen LogP) is 4.16. The first-order valence-corrected chi connectivity index (χ1v) is 11.2. The van der Waals surface area contributed by atoms with Gasteiger partial charge in [0.15, 0.2) is 0 Å². The Hall–Kier alpha value is -2.25. The Kier molecular flexibility index (Phi) is 6.10. The molecule has 1 aliphatic heterocycles. The van der Waals surface area contributed by atoms with Crippen molar-refractivity contribution in [1.29, 1.82) is 0 Å². The van der Waals surface area contributed by atoms with Gasteiger partial charge in [-0.25, -0.2) is 12.8 Å². The molecule has 0 saturated carbocycles. The van der Waals surface area contributed by atoms with Crippen LogP contribution in [0.5, 0.6) is 0 Å². The smallest absolute Gasteiger partial charge is 0.243 e. The number of nitrogens with one attached hydrogen (secondary N) is 1. The van der Waals surface area contributed by atoms with Gasteiger partial charge in [0.05, 0.1) is 4.90 Å². The zero-order valence-electron chi connectivity index (χ0n) is 17.0. The lowest BCUT2D eigenvalue weighted by Gasteiger charge is -2.30. The summed E-state index contributed by atoms with van der Waals surface area (Å²) in [6.45, 7) is 6.84. The average Bonchev–Trinajstić information content (AvgIpc) is 2.69. The summed E-state index contributed by atoms with van der Waals surface area (Å²) in [5.41, 5.74) is 1.57. The predicted molar refractivity (Wildman–Crippen MR) is 112 cm³/mol. The van der Waals surface area contributed by atoms with Crippen LogP contribution in [0, 0.1) is 11.7 Å². The molecule has 0 aromatic heterocycles. The van der Waals surface area contributed by atoms with Crippen LogP contribution in [0.1, 0.15) is 39.2 Å². The molecule has 0 aliphatic carbocycles. The molecule has 1 aliphatic rings. The minimum Gasteiger partial charge on any atom is -0.326 e. The molecule has 156 valence electrons. The molecule has 1 fully saturated rings. The van der Waals surface area contributed by atoms with Crippen molar-refractivity contribution in [2.24, 2.45) is 5.92 Å². The highest BCUT2D eigenvalue weighted by molar-refractivity contribution is 7.89. The van der Waals surface area contributed by atoms with Gasteiger partial charge in [0.1, 0.15) is 5.82 Å². The summed E-state index contributed by atoms with van der Waals surface area (Å²) in [6, 6.07) is 12.6. The van der Waals surface area contributed by atoms with Crippen LogP contribution in [0.3, 0.4) is 0 Å². The maximum atomic E-state index is 13.0. The van der Waals surface area contributed by atoms with E-state index in [0.717, 1.165) is 5.56 Å². The van der Waals surface area contributed by atoms with E-state index in [2.05, 4.69) is 26.1 Å². The SMILES string of the molecule is CC(C)(C)c1ccc(S(=O)(=O)N2CCC(C(=O)Nc3ccc(F)cc3)CC2)cc1. The van der Waals surface area contributed by atoms with Gasteiger partial charge < -0.3 is 5.32 Å². The second-order valence-electron chi connectivity index (χ2n) is 8.45. The molecule has 0 unspecified atom stereocenters. The van der Waals surface area contributed by atoms with Crippen LogP contribution in [-0.2, 0) is 20.2 Å². The molecule has 1 amide bonds. The summed E-state index contributed by atoms with van der Waals surface area (Å²) in [5.74, 6) is -0.796. The third-order valence-electron chi connectivity index (χ3n) is 5.29. The first kappa shape index (κ1) is 21.5. The molecule has 1 N–H and O–H groups in total. The second kappa shape index (κ2) is 8.24. The number of benzene rings is 2. The molecular formula is C22H27FN2O3S. The van der Waals surface area contributed by atoms with Crippen LogP contribution >= 0.6 is 0 Å². The number of sulfonamides is 1. The van der Waals surface area contributed by atoms with Crippen molar-refractivity contribution in [2.75, 3.05) is 18.4 Å². The zero-order valence-corrected chi connectivity index (χ0v) is 17.8. The van der Waals surface area contributed by atoms with Crippen molar-refractivity contribution < 1.29 is 17.6 Å². The molecule has 1 saturated heterocycles. The van der Waals surface area contributed by atoms with E-state index in [0.29, 0.717) is 31.6 Å². The number of carbonyl (C=O) groups excluding carboxylic acids is 1. The maximum Gasteiger partial charge on any atom is 0.243 e. The van der Waals surface area contributed by atoms with Crippen molar-refractivity contribution in [2.45, 2.75) is 43.9 Å². The van der Waals surface area contributed by atoms with Crippen LogP contribution in [0.2, 0.25) is 0 Å². The van der Waals surface area contributed by atoms with Crippen molar-refractivity contribution in [1.82, 2.24) is 4.31 Å². The van der Waals surface area contributed by atoms with Gasteiger partial charge in [-0.2, -0.15) is 4.31 Å². The van der Waals surface area contributed by atoms with Crippen LogP contribution in [0.25, 0.3) is 0 Å². The number of halogens is 1. The molecule has 7 heteroatoms. The Morgan fingerprint density at radius 3 is 2.07 bits per heavy atom. The Morgan fingerprint density at radius 2 is 1.55 bits per heavy atom. The van der Waals surface area contributed by atoms with Crippen molar-refractivity contribution in [3.63, 3.8) is 0 Å². The van der Waals surface area contributed by atoms with E-state index in [-0.39, 0.29) is 28.0 Å². The zero-order chi connectivity index (χ0) is 21.2. The number of nitrogens with zero attached hydrogens (tertiary/aromatic N) is 1. The lowest BCUT2D eigenvalue weighted by Crippen LogP contribution is -2.41. The number of piperidine rings is 1. The summed E-state index contributed by atoms with van der Waals surface area (Å²) >= 11 is 0. The number of hydrogen-bond donors (Lipinski definition) is 1.